The monoisotopic (exact) mass is 328 g/mol. The second kappa shape index (κ2) is 6.88. The Morgan fingerprint density at radius 3 is 2.71 bits per heavy atom. The number of carbonyl (C=O) groups is 2. The molecule has 2 aromatic rings. The van der Waals surface area contributed by atoms with Crippen molar-refractivity contribution in [3.05, 3.63) is 41.7 Å². The number of hydrogen-bond donors (Lipinski definition) is 1. The smallest absolute Gasteiger partial charge is 0.248 e. The van der Waals surface area contributed by atoms with Crippen molar-refractivity contribution < 1.29 is 18.7 Å². The maximum absolute atomic E-state index is 11.9. The zero-order valence-electron chi connectivity index (χ0n) is 13.8. The summed E-state index contributed by atoms with van der Waals surface area (Å²) in [4.78, 5) is 24.8. The molecule has 0 bridgehead atoms. The van der Waals surface area contributed by atoms with Gasteiger partial charge in [-0.1, -0.05) is 0 Å². The van der Waals surface area contributed by atoms with Crippen LogP contribution in [0.25, 0.3) is 11.3 Å². The van der Waals surface area contributed by atoms with Gasteiger partial charge in [0, 0.05) is 50.4 Å². The van der Waals surface area contributed by atoms with Crippen molar-refractivity contribution in [3.63, 3.8) is 0 Å². The lowest BCUT2D eigenvalue weighted by molar-refractivity contribution is -0.136. The number of fused-ring (bicyclic) bond motifs is 1. The molecule has 6 heteroatoms. The lowest BCUT2D eigenvalue weighted by Crippen LogP contribution is -2.37. The van der Waals surface area contributed by atoms with Crippen LogP contribution in [0.1, 0.15) is 18.2 Å². The lowest BCUT2D eigenvalue weighted by atomic mass is 10.1. The van der Waals surface area contributed by atoms with Crippen LogP contribution in [0.2, 0.25) is 0 Å². The van der Waals surface area contributed by atoms with E-state index in [1.165, 1.54) is 14.0 Å². The van der Waals surface area contributed by atoms with Gasteiger partial charge < -0.3 is 19.4 Å². The van der Waals surface area contributed by atoms with E-state index in [1.807, 2.05) is 30.3 Å². The molecule has 0 saturated heterocycles. The van der Waals surface area contributed by atoms with Crippen LogP contribution >= 0.6 is 0 Å². The number of benzene rings is 1. The number of furan rings is 1. The van der Waals surface area contributed by atoms with Gasteiger partial charge in [-0.3, -0.25) is 9.59 Å². The van der Waals surface area contributed by atoms with Crippen molar-refractivity contribution in [1.82, 2.24) is 4.90 Å². The van der Waals surface area contributed by atoms with Crippen LogP contribution < -0.4 is 5.32 Å². The van der Waals surface area contributed by atoms with Crippen LogP contribution in [0.4, 0.5) is 5.69 Å². The number of nitrogens with one attached hydrogen (secondary N) is 1. The normalized spacial score (nSPS) is 13.5. The number of anilines is 1. The second-order valence-electron chi connectivity index (χ2n) is 5.82. The van der Waals surface area contributed by atoms with Crippen LogP contribution in [0.5, 0.6) is 0 Å². The molecule has 1 N–H and O–H groups in total. The molecule has 0 unspecified atom stereocenters. The van der Waals surface area contributed by atoms with Gasteiger partial charge in [-0.05, 0) is 30.3 Å². The Balaban J connectivity index is 1.76. The number of methoxy groups -OCH3 is 1. The standard InChI is InChI=1S/C18H20N2O4/c1-12(21)19-15-5-3-13(4-6-15)17-9-14-10-20(18(22)11-23-2)8-7-16(14)24-17/h3-6,9H,7-8,10-11H2,1-2H3,(H,19,21). The number of carbonyl (C=O) groups excluding carboxylic acids is 2. The SMILES string of the molecule is COCC(=O)N1CCc2oc(-c3ccc(NC(C)=O)cc3)cc2C1. The molecule has 0 atom stereocenters. The fourth-order valence-corrected chi connectivity index (χ4v) is 2.82. The maximum atomic E-state index is 11.9. The van der Waals surface area contributed by atoms with Gasteiger partial charge >= 0.3 is 0 Å². The first-order valence-electron chi connectivity index (χ1n) is 7.83. The highest BCUT2D eigenvalue weighted by atomic mass is 16.5. The molecule has 6 nitrogen and oxygen atoms in total. The largest absolute Gasteiger partial charge is 0.461 e. The van der Waals surface area contributed by atoms with Crippen molar-refractivity contribution in [2.75, 3.05) is 25.6 Å². The average Bonchev–Trinajstić information content (AvgIpc) is 2.98. The topological polar surface area (TPSA) is 71.8 Å². The molecule has 1 aliphatic heterocycles. The Labute approximate surface area is 140 Å². The number of rotatable bonds is 4. The molecule has 126 valence electrons. The Bertz CT molecular complexity index is 749. The van der Waals surface area contributed by atoms with Crippen molar-refractivity contribution in [3.8, 4) is 11.3 Å². The third-order valence-electron chi connectivity index (χ3n) is 3.98. The summed E-state index contributed by atoms with van der Waals surface area (Å²) in [5.41, 5.74) is 2.72. The van der Waals surface area contributed by atoms with Crippen molar-refractivity contribution in [2.45, 2.75) is 19.9 Å². The molecule has 0 radical (unpaired) electrons. The lowest BCUT2D eigenvalue weighted by Gasteiger charge is -2.25. The molecule has 0 aliphatic carbocycles. The first kappa shape index (κ1) is 16.3. The molecule has 0 spiro atoms. The zero-order valence-corrected chi connectivity index (χ0v) is 13.8. The average molecular weight is 328 g/mol. The van der Waals surface area contributed by atoms with Gasteiger partial charge in [0.05, 0.1) is 0 Å². The summed E-state index contributed by atoms with van der Waals surface area (Å²) in [5, 5.41) is 2.74. The van der Waals surface area contributed by atoms with Crippen molar-refractivity contribution >= 4 is 17.5 Å². The molecule has 1 aliphatic rings. The third-order valence-corrected chi connectivity index (χ3v) is 3.98. The zero-order chi connectivity index (χ0) is 17.1. The summed E-state index contributed by atoms with van der Waals surface area (Å²) >= 11 is 0. The summed E-state index contributed by atoms with van der Waals surface area (Å²) in [6.07, 6.45) is 0.703. The van der Waals surface area contributed by atoms with E-state index in [2.05, 4.69) is 5.32 Å². The first-order chi connectivity index (χ1) is 11.6. The van der Waals surface area contributed by atoms with Gasteiger partial charge in [0.25, 0.3) is 0 Å². The van der Waals surface area contributed by atoms with Gasteiger partial charge in [-0.25, -0.2) is 0 Å². The minimum absolute atomic E-state index is 0.00874. The molecule has 1 aromatic heterocycles. The molecule has 3 rings (SSSR count). The van der Waals surface area contributed by atoms with Crippen LogP contribution in [0.3, 0.4) is 0 Å². The molecule has 0 fully saturated rings. The quantitative estimate of drug-likeness (QED) is 0.936. The van der Waals surface area contributed by atoms with Crippen LogP contribution in [0.15, 0.2) is 34.7 Å². The van der Waals surface area contributed by atoms with E-state index >= 15 is 0 Å². The maximum Gasteiger partial charge on any atom is 0.248 e. The minimum atomic E-state index is -0.1000. The second-order valence-corrected chi connectivity index (χ2v) is 5.82. The predicted octanol–water partition coefficient (Wildman–Crippen LogP) is 2.44. The van der Waals surface area contributed by atoms with E-state index in [0.717, 1.165) is 28.3 Å². The van der Waals surface area contributed by atoms with Crippen LogP contribution in [0, 0.1) is 0 Å². The first-order valence-corrected chi connectivity index (χ1v) is 7.83. The predicted molar refractivity (Wildman–Crippen MR) is 89.4 cm³/mol. The summed E-state index contributed by atoms with van der Waals surface area (Å²) < 4.78 is 10.9. The minimum Gasteiger partial charge on any atom is -0.461 e. The highest BCUT2D eigenvalue weighted by Crippen LogP contribution is 2.30. The molecular weight excluding hydrogens is 308 g/mol. The fraction of sp³-hybridized carbons (Fsp3) is 0.333. The van der Waals surface area contributed by atoms with Gasteiger partial charge in [0.1, 0.15) is 18.1 Å². The van der Waals surface area contributed by atoms with E-state index in [0.29, 0.717) is 19.5 Å². The Morgan fingerprint density at radius 2 is 2.04 bits per heavy atom. The number of nitrogens with zero attached hydrogens (tertiary/aromatic N) is 1. The summed E-state index contributed by atoms with van der Waals surface area (Å²) in [7, 11) is 1.52. The Kier molecular flexibility index (Phi) is 4.66. The van der Waals surface area contributed by atoms with Gasteiger partial charge in [0.15, 0.2) is 0 Å². The number of ether oxygens (including phenoxy) is 1. The fourth-order valence-electron chi connectivity index (χ4n) is 2.82. The molecular formula is C18H20N2O4. The van der Waals surface area contributed by atoms with Crippen molar-refractivity contribution in [1.29, 1.82) is 0 Å². The van der Waals surface area contributed by atoms with Crippen molar-refractivity contribution in [2.24, 2.45) is 0 Å². The Hall–Kier alpha value is -2.60. The van der Waals surface area contributed by atoms with E-state index in [9.17, 15) is 9.59 Å². The Morgan fingerprint density at radius 1 is 1.29 bits per heavy atom. The van der Waals surface area contributed by atoms with Gasteiger partial charge in [-0.2, -0.15) is 0 Å². The molecule has 24 heavy (non-hydrogen) atoms. The summed E-state index contributed by atoms with van der Waals surface area (Å²) in [6, 6.07) is 9.47. The van der Waals surface area contributed by atoms with E-state index in [1.54, 1.807) is 4.90 Å². The summed E-state index contributed by atoms with van der Waals surface area (Å²) in [5.74, 6) is 1.59. The highest BCUT2D eigenvalue weighted by molar-refractivity contribution is 5.88. The van der Waals surface area contributed by atoms with Gasteiger partial charge in [0.2, 0.25) is 11.8 Å². The molecule has 0 saturated carbocycles. The van der Waals surface area contributed by atoms with Gasteiger partial charge in [-0.15, -0.1) is 0 Å². The molecule has 1 aromatic carbocycles. The van der Waals surface area contributed by atoms with Crippen LogP contribution in [-0.4, -0.2) is 37.0 Å². The van der Waals surface area contributed by atoms with E-state index in [4.69, 9.17) is 9.15 Å². The highest BCUT2D eigenvalue weighted by Gasteiger charge is 2.24. The number of hydrogen-bond acceptors (Lipinski definition) is 4. The number of amides is 2. The molecule has 2 amide bonds. The van der Waals surface area contributed by atoms with Crippen LogP contribution in [-0.2, 0) is 27.3 Å². The van der Waals surface area contributed by atoms with E-state index < -0.39 is 0 Å². The summed E-state index contributed by atoms with van der Waals surface area (Å²) in [6.45, 7) is 2.77. The van der Waals surface area contributed by atoms with E-state index in [-0.39, 0.29) is 18.4 Å². The third kappa shape index (κ3) is 3.49. The molecule has 2 heterocycles.